The molecule has 3 rings (SSSR count). The lowest BCUT2D eigenvalue weighted by molar-refractivity contribution is 0.0734. The Labute approximate surface area is 210 Å². The number of carbonyl (C=O) groups excluding carboxylic acids is 1. The number of ether oxygens (including phenoxy) is 1. The molecule has 0 aliphatic rings. The molecule has 0 radical (unpaired) electrons. The van der Waals surface area contributed by atoms with Crippen molar-refractivity contribution >= 4 is 5.97 Å². The van der Waals surface area contributed by atoms with E-state index in [1.54, 1.807) is 18.2 Å². The van der Waals surface area contributed by atoms with Crippen LogP contribution in [0.4, 0.5) is 0 Å². The van der Waals surface area contributed by atoms with Gasteiger partial charge in [-0.1, -0.05) is 95.3 Å². The second-order valence-electron chi connectivity index (χ2n) is 9.33. The second kappa shape index (κ2) is 13.5. The van der Waals surface area contributed by atoms with Crippen molar-refractivity contribution in [3.63, 3.8) is 0 Å². The van der Waals surface area contributed by atoms with E-state index in [2.05, 4.69) is 51.1 Å². The number of nitrogens with zero attached hydrogens (tertiary/aromatic N) is 1. The molecule has 3 aromatic rings. The average Bonchev–Trinajstić information content (AvgIpc) is 2.90. The Hall–Kier alpha value is -3.38. The minimum atomic E-state index is -0.456. The summed E-state index contributed by atoms with van der Waals surface area (Å²) in [6.45, 7) is 6.67. The molecule has 3 nitrogen and oxygen atoms in total. The molecule has 0 fully saturated rings. The summed E-state index contributed by atoms with van der Waals surface area (Å²) in [5.41, 5.74) is 5.51. The van der Waals surface area contributed by atoms with Gasteiger partial charge in [0.25, 0.3) is 0 Å². The second-order valence-corrected chi connectivity index (χ2v) is 9.33. The first-order chi connectivity index (χ1) is 17.1. The summed E-state index contributed by atoms with van der Waals surface area (Å²) in [5, 5.41) is 9.49. The van der Waals surface area contributed by atoms with Crippen molar-refractivity contribution < 1.29 is 9.53 Å². The van der Waals surface area contributed by atoms with Crippen LogP contribution < -0.4 is 4.74 Å². The van der Waals surface area contributed by atoms with Gasteiger partial charge in [-0.25, -0.2) is 4.79 Å². The summed E-state index contributed by atoms with van der Waals surface area (Å²) in [5.74, 6) is 0.601. The minimum Gasteiger partial charge on any atom is -0.422 e. The molecular weight excluding hydrogens is 430 g/mol. The van der Waals surface area contributed by atoms with Gasteiger partial charge < -0.3 is 4.74 Å². The summed E-state index contributed by atoms with van der Waals surface area (Å²) in [7, 11) is 0. The Morgan fingerprint density at radius 3 is 2.09 bits per heavy atom. The van der Waals surface area contributed by atoms with E-state index in [1.165, 1.54) is 31.2 Å². The van der Waals surface area contributed by atoms with Crippen molar-refractivity contribution in [3.05, 3.63) is 89.0 Å². The van der Waals surface area contributed by atoms with Crippen molar-refractivity contribution in [2.45, 2.75) is 72.1 Å². The molecule has 0 saturated heterocycles. The SMILES string of the molecule is CCCCc1ccc(OC(=O)c2ccc(-c3ccc(CC(CC)CCCC)cc3)cc2)c(C#N)c1. The third kappa shape index (κ3) is 7.55. The zero-order valence-corrected chi connectivity index (χ0v) is 21.3. The first kappa shape index (κ1) is 26.2. The number of hydrogen-bond donors (Lipinski definition) is 0. The lowest BCUT2D eigenvalue weighted by atomic mass is 9.91. The zero-order chi connectivity index (χ0) is 25.0. The van der Waals surface area contributed by atoms with Crippen LogP contribution in [0.1, 0.15) is 86.3 Å². The molecule has 3 aromatic carbocycles. The van der Waals surface area contributed by atoms with Gasteiger partial charge in [-0.2, -0.15) is 5.26 Å². The molecule has 0 spiro atoms. The molecule has 0 aliphatic carbocycles. The number of esters is 1. The smallest absolute Gasteiger partial charge is 0.343 e. The monoisotopic (exact) mass is 467 g/mol. The maximum absolute atomic E-state index is 12.7. The summed E-state index contributed by atoms with van der Waals surface area (Å²) in [4.78, 5) is 12.7. The van der Waals surface area contributed by atoms with Gasteiger partial charge in [0.1, 0.15) is 11.8 Å². The van der Waals surface area contributed by atoms with Gasteiger partial charge in [0, 0.05) is 0 Å². The molecule has 35 heavy (non-hydrogen) atoms. The molecule has 0 aromatic heterocycles. The van der Waals surface area contributed by atoms with Crippen LogP contribution in [0.5, 0.6) is 5.75 Å². The van der Waals surface area contributed by atoms with Crippen LogP contribution in [0.3, 0.4) is 0 Å². The third-order valence-electron chi connectivity index (χ3n) is 6.66. The fourth-order valence-corrected chi connectivity index (χ4v) is 4.36. The van der Waals surface area contributed by atoms with Gasteiger partial charge in [-0.05, 0) is 71.7 Å². The summed E-state index contributed by atoms with van der Waals surface area (Å²) in [6, 6.07) is 23.8. The molecule has 1 unspecified atom stereocenters. The molecule has 0 heterocycles. The molecule has 0 aliphatic heterocycles. The van der Waals surface area contributed by atoms with E-state index in [4.69, 9.17) is 4.74 Å². The highest BCUT2D eigenvalue weighted by molar-refractivity contribution is 5.92. The topological polar surface area (TPSA) is 50.1 Å². The number of aryl methyl sites for hydroxylation is 1. The molecule has 0 saturated carbocycles. The van der Waals surface area contributed by atoms with Crippen LogP contribution in [0.2, 0.25) is 0 Å². The van der Waals surface area contributed by atoms with Crippen molar-refractivity contribution in [2.75, 3.05) is 0 Å². The van der Waals surface area contributed by atoms with E-state index >= 15 is 0 Å². The molecule has 0 amide bonds. The van der Waals surface area contributed by atoms with Crippen LogP contribution in [0, 0.1) is 17.2 Å². The largest absolute Gasteiger partial charge is 0.422 e. The normalized spacial score (nSPS) is 11.6. The lowest BCUT2D eigenvalue weighted by Gasteiger charge is -2.14. The minimum absolute atomic E-state index is 0.307. The standard InChI is InChI=1S/C32H37NO2/c1-4-7-9-24(6-3)21-26-11-14-27(15-12-26)28-16-18-29(19-17-28)32(34)35-31-20-13-25(10-8-5-2)22-30(31)23-33/h11-20,22,24H,4-10,21H2,1-3H3. The number of unbranched alkanes of at least 4 members (excludes halogenated alkanes) is 2. The third-order valence-corrected chi connectivity index (χ3v) is 6.66. The maximum Gasteiger partial charge on any atom is 0.343 e. The number of hydrogen-bond acceptors (Lipinski definition) is 3. The predicted molar refractivity (Wildman–Crippen MR) is 144 cm³/mol. The number of nitriles is 1. The summed E-state index contributed by atoms with van der Waals surface area (Å²) in [6.07, 6.45) is 9.28. The number of benzene rings is 3. The highest BCUT2D eigenvalue weighted by Gasteiger charge is 2.13. The van der Waals surface area contributed by atoms with Crippen LogP contribution >= 0.6 is 0 Å². The van der Waals surface area contributed by atoms with Crippen molar-refractivity contribution in [1.29, 1.82) is 5.26 Å². The van der Waals surface area contributed by atoms with E-state index in [9.17, 15) is 10.1 Å². The van der Waals surface area contributed by atoms with Crippen LogP contribution in [-0.4, -0.2) is 5.97 Å². The van der Waals surface area contributed by atoms with E-state index in [0.29, 0.717) is 16.9 Å². The fourth-order valence-electron chi connectivity index (χ4n) is 4.36. The fraction of sp³-hybridized carbons (Fsp3) is 0.375. The van der Waals surface area contributed by atoms with E-state index in [-0.39, 0.29) is 0 Å². The van der Waals surface area contributed by atoms with Crippen LogP contribution in [0.25, 0.3) is 11.1 Å². The number of carbonyl (C=O) groups is 1. The van der Waals surface area contributed by atoms with Gasteiger partial charge in [0.2, 0.25) is 0 Å². The highest BCUT2D eigenvalue weighted by atomic mass is 16.5. The van der Waals surface area contributed by atoms with Gasteiger partial charge in [-0.3, -0.25) is 0 Å². The molecule has 182 valence electrons. The van der Waals surface area contributed by atoms with Crippen LogP contribution in [0.15, 0.2) is 66.7 Å². The average molecular weight is 468 g/mol. The first-order valence-electron chi connectivity index (χ1n) is 13.0. The molecule has 0 bridgehead atoms. The lowest BCUT2D eigenvalue weighted by Crippen LogP contribution is -2.09. The van der Waals surface area contributed by atoms with E-state index in [1.807, 2.05) is 24.3 Å². The first-order valence-corrected chi connectivity index (χ1v) is 13.0. The predicted octanol–water partition coefficient (Wildman–Crippen LogP) is 8.55. The summed E-state index contributed by atoms with van der Waals surface area (Å²) >= 11 is 0. The Balaban J connectivity index is 1.64. The Morgan fingerprint density at radius 1 is 0.857 bits per heavy atom. The summed E-state index contributed by atoms with van der Waals surface area (Å²) < 4.78 is 5.56. The molecule has 3 heteroatoms. The molecule has 0 N–H and O–H groups in total. The maximum atomic E-state index is 12.7. The van der Waals surface area contributed by atoms with Crippen molar-refractivity contribution in [3.8, 4) is 22.9 Å². The van der Waals surface area contributed by atoms with E-state index < -0.39 is 5.97 Å². The van der Waals surface area contributed by atoms with Gasteiger partial charge in [-0.15, -0.1) is 0 Å². The van der Waals surface area contributed by atoms with Gasteiger partial charge >= 0.3 is 5.97 Å². The number of rotatable bonds is 12. The van der Waals surface area contributed by atoms with Crippen molar-refractivity contribution in [1.82, 2.24) is 0 Å². The van der Waals surface area contributed by atoms with Crippen molar-refractivity contribution in [2.24, 2.45) is 5.92 Å². The Bertz CT molecular complexity index is 1120. The van der Waals surface area contributed by atoms with Gasteiger partial charge in [0.15, 0.2) is 0 Å². The zero-order valence-electron chi connectivity index (χ0n) is 21.3. The Kier molecular flexibility index (Phi) is 10.1. The highest BCUT2D eigenvalue weighted by Crippen LogP contribution is 2.25. The quantitative estimate of drug-likeness (QED) is 0.198. The Morgan fingerprint density at radius 2 is 1.49 bits per heavy atom. The molecule has 1 atom stereocenters. The molecular formula is C32H37NO2. The van der Waals surface area contributed by atoms with Gasteiger partial charge in [0.05, 0.1) is 11.1 Å². The van der Waals surface area contributed by atoms with Crippen LogP contribution in [-0.2, 0) is 12.8 Å². The van der Waals surface area contributed by atoms with E-state index in [0.717, 1.165) is 48.3 Å².